The number of halogens is 1. The molecule has 0 atom stereocenters. The van der Waals surface area contributed by atoms with Crippen molar-refractivity contribution >= 4 is 21.8 Å². The monoisotopic (exact) mass is 593 g/mol. The van der Waals surface area contributed by atoms with Gasteiger partial charge in [-0.2, -0.15) is 5.26 Å². The average Bonchev–Trinajstić information content (AvgIpc) is 3.45. The van der Waals surface area contributed by atoms with Gasteiger partial charge >= 0.3 is 0 Å². The number of benzene rings is 6. The van der Waals surface area contributed by atoms with Crippen LogP contribution in [0.4, 0.5) is 4.39 Å². The third-order valence-electron chi connectivity index (χ3n) is 8.15. The maximum Gasteiger partial charge on any atom is 0.164 e. The van der Waals surface area contributed by atoms with E-state index in [-0.39, 0.29) is 5.82 Å². The lowest BCUT2D eigenvalue weighted by Crippen LogP contribution is -2.02. The second-order valence-electron chi connectivity index (χ2n) is 11.0. The molecule has 0 aliphatic rings. The Morgan fingerprint density at radius 3 is 1.72 bits per heavy atom. The highest BCUT2D eigenvalue weighted by atomic mass is 19.1. The van der Waals surface area contributed by atoms with E-state index in [0.717, 1.165) is 55.3 Å². The maximum absolute atomic E-state index is 14.1. The van der Waals surface area contributed by atoms with Crippen LogP contribution in [0.5, 0.6) is 0 Å². The Kier molecular flexibility index (Phi) is 6.63. The molecular formula is C40H24FN5. The van der Waals surface area contributed by atoms with Gasteiger partial charge in [0.2, 0.25) is 0 Å². The van der Waals surface area contributed by atoms with E-state index in [1.165, 1.54) is 12.1 Å². The van der Waals surface area contributed by atoms with Crippen LogP contribution in [0, 0.1) is 17.1 Å². The van der Waals surface area contributed by atoms with Gasteiger partial charge < -0.3 is 4.57 Å². The first kappa shape index (κ1) is 27.1. The first-order valence-electron chi connectivity index (χ1n) is 14.9. The van der Waals surface area contributed by atoms with Crippen LogP contribution >= 0.6 is 0 Å². The van der Waals surface area contributed by atoms with E-state index in [0.29, 0.717) is 23.0 Å². The summed E-state index contributed by atoms with van der Waals surface area (Å²) in [4.78, 5) is 14.8. The molecular weight excluding hydrogens is 569 g/mol. The fourth-order valence-electron chi connectivity index (χ4n) is 5.97. The van der Waals surface area contributed by atoms with Crippen molar-refractivity contribution in [3.63, 3.8) is 0 Å². The Hall–Kier alpha value is -6.45. The van der Waals surface area contributed by atoms with Crippen molar-refractivity contribution in [2.45, 2.75) is 0 Å². The molecule has 0 aliphatic carbocycles. The van der Waals surface area contributed by atoms with E-state index in [9.17, 15) is 9.65 Å². The van der Waals surface area contributed by atoms with Gasteiger partial charge in [-0.25, -0.2) is 19.3 Å². The Morgan fingerprint density at radius 2 is 1.07 bits per heavy atom. The second kappa shape index (κ2) is 11.2. The first-order valence-corrected chi connectivity index (χ1v) is 14.9. The van der Waals surface area contributed by atoms with Crippen LogP contribution in [0.3, 0.4) is 0 Å². The fraction of sp³-hybridized carbons (Fsp3) is 0. The molecule has 0 N–H and O–H groups in total. The van der Waals surface area contributed by atoms with Crippen molar-refractivity contribution in [1.29, 1.82) is 5.26 Å². The van der Waals surface area contributed by atoms with Gasteiger partial charge in [0, 0.05) is 33.0 Å². The van der Waals surface area contributed by atoms with Crippen molar-refractivity contribution in [3.05, 3.63) is 157 Å². The number of fused-ring (bicyclic) bond motifs is 3. The third kappa shape index (κ3) is 4.77. The SMILES string of the molecule is N#Cc1ccc2c3ccccc3n(-c3cc(-c4nc(-c5ccccc5)nc(-c5ccccc5)n4)ccc3-c3ccc(F)cc3)c2c1. The standard InChI is InChI=1S/C40H24FN5/c41-31-19-16-27(17-20-31)32-22-18-30(24-37(32)46-35-14-8-7-13-33(35)34-21-15-26(25-42)23-36(34)46)40-44-38(28-9-3-1-4-10-28)43-39(45-40)29-11-5-2-6-12-29/h1-24H. The Balaban J connectivity index is 1.43. The minimum absolute atomic E-state index is 0.301. The molecule has 0 fully saturated rings. The van der Waals surface area contributed by atoms with Crippen LogP contribution in [0.15, 0.2) is 146 Å². The first-order chi connectivity index (χ1) is 22.7. The Labute approximate surface area is 264 Å². The summed E-state index contributed by atoms with van der Waals surface area (Å²) in [5, 5.41) is 11.9. The largest absolute Gasteiger partial charge is 0.309 e. The molecule has 0 saturated heterocycles. The molecule has 0 bridgehead atoms. The van der Waals surface area contributed by atoms with Gasteiger partial charge in [-0.15, -0.1) is 0 Å². The van der Waals surface area contributed by atoms with Crippen molar-refractivity contribution in [3.8, 4) is 57.0 Å². The number of nitrogens with zero attached hydrogens (tertiary/aromatic N) is 5. The van der Waals surface area contributed by atoms with Crippen LogP contribution in [0.25, 0.3) is 72.8 Å². The summed E-state index contributed by atoms with van der Waals surface area (Å²) in [6.45, 7) is 0. The molecule has 2 aromatic heterocycles. The smallest absolute Gasteiger partial charge is 0.164 e. The molecule has 0 amide bonds. The fourth-order valence-corrected chi connectivity index (χ4v) is 5.97. The van der Waals surface area contributed by atoms with Crippen molar-refractivity contribution in [2.24, 2.45) is 0 Å². The minimum atomic E-state index is -0.301. The third-order valence-corrected chi connectivity index (χ3v) is 8.15. The lowest BCUT2D eigenvalue weighted by Gasteiger charge is -2.16. The lowest BCUT2D eigenvalue weighted by atomic mass is 10.0. The summed E-state index contributed by atoms with van der Waals surface area (Å²) in [5.74, 6) is 1.37. The minimum Gasteiger partial charge on any atom is -0.309 e. The molecule has 6 aromatic carbocycles. The van der Waals surface area contributed by atoms with Crippen LogP contribution in [-0.4, -0.2) is 19.5 Å². The Morgan fingerprint density at radius 1 is 0.500 bits per heavy atom. The average molecular weight is 594 g/mol. The molecule has 216 valence electrons. The lowest BCUT2D eigenvalue weighted by molar-refractivity contribution is 0.628. The highest BCUT2D eigenvalue weighted by Crippen LogP contribution is 2.38. The predicted molar refractivity (Wildman–Crippen MR) is 181 cm³/mol. The molecule has 8 aromatic rings. The highest BCUT2D eigenvalue weighted by Gasteiger charge is 2.19. The number of hydrogen-bond donors (Lipinski definition) is 0. The summed E-state index contributed by atoms with van der Waals surface area (Å²) >= 11 is 0. The second-order valence-corrected chi connectivity index (χ2v) is 11.0. The normalized spacial score (nSPS) is 11.1. The molecule has 6 heteroatoms. The molecule has 0 unspecified atom stereocenters. The summed E-state index contributed by atoms with van der Waals surface area (Å²) in [7, 11) is 0. The molecule has 0 spiro atoms. The Bertz CT molecular complexity index is 2370. The quantitative estimate of drug-likeness (QED) is 0.199. The van der Waals surface area contributed by atoms with Crippen LogP contribution in [-0.2, 0) is 0 Å². The van der Waals surface area contributed by atoms with E-state index in [1.807, 2.05) is 103 Å². The zero-order valence-corrected chi connectivity index (χ0v) is 24.5. The topological polar surface area (TPSA) is 67.4 Å². The molecule has 8 rings (SSSR count). The molecule has 2 heterocycles. The molecule has 5 nitrogen and oxygen atoms in total. The number of hydrogen-bond acceptors (Lipinski definition) is 4. The van der Waals surface area contributed by atoms with Gasteiger partial charge in [-0.1, -0.05) is 109 Å². The summed E-state index contributed by atoms with van der Waals surface area (Å²) in [5.41, 5.74) is 7.62. The van der Waals surface area contributed by atoms with Gasteiger partial charge in [0.25, 0.3) is 0 Å². The number of nitriles is 1. The molecule has 0 aliphatic heterocycles. The van der Waals surface area contributed by atoms with E-state index in [2.05, 4.69) is 28.8 Å². The zero-order chi connectivity index (χ0) is 31.0. The summed E-state index contributed by atoms with van der Waals surface area (Å²) in [6, 6.07) is 48.6. The number of para-hydroxylation sites is 1. The zero-order valence-electron chi connectivity index (χ0n) is 24.5. The maximum atomic E-state index is 14.1. The van der Waals surface area contributed by atoms with Crippen LogP contribution in [0.2, 0.25) is 0 Å². The predicted octanol–water partition coefficient (Wildman–Crippen LogP) is 9.65. The molecule has 0 saturated carbocycles. The van der Waals surface area contributed by atoms with Crippen molar-refractivity contribution < 1.29 is 4.39 Å². The highest BCUT2D eigenvalue weighted by molar-refractivity contribution is 6.10. The van der Waals surface area contributed by atoms with Gasteiger partial charge in [-0.3, -0.25) is 0 Å². The summed E-state index contributed by atoms with van der Waals surface area (Å²) in [6.07, 6.45) is 0. The van der Waals surface area contributed by atoms with E-state index < -0.39 is 0 Å². The van der Waals surface area contributed by atoms with Crippen molar-refractivity contribution in [2.75, 3.05) is 0 Å². The van der Waals surface area contributed by atoms with Gasteiger partial charge in [0.1, 0.15) is 5.82 Å². The summed E-state index contributed by atoms with van der Waals surface area (Å²) < 4.78 is 16.2. The molecule has 46 heavy (non-hydrogen) atoms. The number of rotatable bonds is 5. The van der Waals surface area contributed by atoms with Crippen molar-refractivity contribution in [1.82, 2.24) is 19.5 Å². The van der Waals surface area contributed by atoms with Gasteiger partial charge in [0.05, 0.1) is 28.4 Å². The van der Waals surface area contributed by atoms with Crippen LogP contribution in [0.1, 0.15) is 5.56 Å². The van der Waals surface area contributed by atoms with E-state index >= 15 is 0 Å². The number of aromatic nitrogens is 4. The van der Waals surface area contributed by atoms with Crippen LogP contribution < -0.4 is 0 Å². The van der Waals surface area contributed by atoms with Gasteiger partial charge in [0.15, 0.2) is 17.5 Å². The van der Waals surface area contributed by atoms with E-state index in [1.54, 1.807) is 12.1 Å². The van der Waals surface area contributed by atoms with E-state index in [4.69, 9.17) is 15.0 Å². The molecule has 0 radical (unpaired) electrons. The van der Waals surface area contributed by atoms with Gasteiger partial charge in [-0.05, 0) is 42.0 Å².